The van der Waals surface area contributed by atoms with E-state index >= 15 is 0 Å². The second kappa shape index (κ2) is 29.3. The molecule has 6 unspecified atom stereocenters. The molecular formula is C106H130N4. The first-order valence-corrected chi connectivity index (χ1v) is 41.6. The Kier molecular flexibility index (Phi) is 21.1. The van der Waals surface area contributed by atoms with E-state index < -0.39 is 0 Å². The van der Waals surface area contributed by atoms with E-state index in [4.69, 9.17) is 0 Å². The van der Waals surface area contributed by atoms with Gasteiger partial charge in [-0.3, -0.25) is 0 Å². The lowest BCUT2D eigenvalue weighted by Crippen LogP contribution is -2.65. The summed E-state index contributed by atoms with van der Waals surface area (Å²) in [6, 6.07) is 79.3. The molecule has 9 aromatic rings. The van der Waals surface area contributed by atoms with Crippen molar-refractivity contribution in [2.45, 2.75) is 269 Å². The first-order valence-electron chi connectivity index (χ1n) is 41.6. The van der Waals surface area contributed by atoms with E-state index in [9.17, 15) is 0 Å². The van der Waals surface area contributed by atoms with Gasteiger partial charge in [-0.25, -0.2) is 0 Å². The number of rotatable bonds is 8. The number of nitrogens with zero attached hydrogens (tertiary/aromatic N) is 4. The van der Waals surface area contributed by atoms with Crippen LogP contribution < -0.4 is 19.6 Å². The Bertz CT molecular complexity index is 5000. The number of hydrogen-bond acceptors (Lipinski definition) is 4. The molecule has 1 saturated carbocycles. The zero-order chi connectivity index (χ0) is 79.3. The van der Waals surface area contributed by atoms with Crippen LogP contribution in [0.25, 0.3) is 27.9 Å². The summed E-state index contributed by atoms with van der Waals surface area (Å²) < 4.78 is 0. The second-order valence-electron chi connectivity index (χ2n) is 37.6. The maximum atomic E-state index is 2.80. The van der Waals surface area contributed by atoms with Gasteiger partial charge in [0.15, 0.2) is 0 Å². The van der Waals surface area contributed by atoms with Crippen molar-refractivity contribution in [1.29, 1.82) is 0 Å². The van der Waals surface area contributed by atoms with Crippen LogP contribution in [0.1, 0.15) is 240 Å². The highest BCUT2D eigenvalue weighted by Crippen LogP contribution is 2.65. The minimum Gasteiger partial charge on any atom is -0.355 e. The van der Waals surface area contributed by atoms with Gasteiger partial charge in [0.1, 0.15) is 0 Å². The van der Waals surface area contributed by atoms with Gasteiger partial charge in [0.2, 0.25) is 0 Å². The van der Waals surface area contributed by atoms with Crippen LogP contribution in [0.15, 0.2) is 230 Å². The molecule has 7 aliphatic rings. The number of benzene rings is 9. The summed E-state index contributed by atoms with van der Waals surface area (Å²) in [6.45, 7) is 61.5. The fourth-order valence-electron chi connectivity index (χ4n) is 22.2. The Morgan fingerprint density at radius 1 is 0.300 bits per heavy atom. The smallest absolute Gasteiger partial charge is 0.0628 e. The van der Waals surface area contributed by atoms with Crippen LogP contribution in [0.4, 0.5) is 22.7 Å². The van der Waals surface area contributed by atoms with Crippen LogP contribution in [-0.4, -0.2) is 46.3 Å². The summed E-state index contributed by atoms with van der Waals surface area (Å²) in [5.41, 5.74) is 35.2. The van der Waals surface area contributed by atoms with Crippen LogP contribution in [0.2, 0.25) is 0 Å². The van der Waals surface area contributed by atoms with Crippen LogP contribution in [0.5, 0.6) is 0 Å². The van der Waals surface area contributed by atoms with Gasteiger partial charge in [0.05, 0.1) is 40.3 Å². The molecule has 110 heavy (non-hydrogen) atoms. The summed E-state index contributed by atoms with van der Waals surface area (Å²) in [4.78, 5) is 10.7. The molecule has 9 aromatic carbocycles. The average molecular weight is 1460 g/mol. The van der Waals surface area contributed by atoms with E-state index in [1.165, 1.54) is 166 Å². The van der Waals surface area contributed by atoms with E-state index in [2.05, 4.69) is 424 Å². The topological polar surface area (TPSA) is 13.0 Å². The lowest BCUT2D eigenvalue weighted by molar-refractivity contribution is 0.0983. The third kappa shape index (κ3) is 13.0. The maximum absolute atomic E-state index is 2.80. The molecule has 6 atom stereocenters. The number of hydrogen-bond donors (Lipinski definition) is 0. The highest BCUT2D eigenvalue weighted by atomic mass is 15.3. The van der Waals surface area contributed by atoms with Gasteiger partial charge in [-0.1, -0.05) is 309 Å². The predicted molar refractivity (Wildman–Crippen MR) is 478 cm³/mol. The molecule has 6 heterocycles. The van der Waals surface area contributed by atoms with Crippen molar-refractivity contribution in [3.8, 4) is 0 Å². The van der Waals surface area contributed by atoms with Crippen molar-refractivity contribution >= 4 is 50.6 Å². The Morgan fingerprint density at radius 3 is 1.05 bits per heavy atom. The summed E-state index contributed by atoms with van der Waals surface area (Å²) in [5.74, 6) is 0.799. The van der Waals surface area contributed by atoms with E-state index in [0.29, 0.717) is 18.1 Å². The number of aryl methyl sites for hydroxylation is 8. The fourth-order valence-corrected chi connectivity index (χ4v) is 22.2. The van der Waals surface area contributed by atoms with Gasteiger partial charge in [0.25, 0.3) is 0 Å². The Hall–Kier alpha value is -8.86. The molecule has 0 N–H and O–H groups in total. The average Bonchev–Trinajstić information content (AvgIpc) is 1.43. The zero-order valence-corrected chi connectivity index (χ0v) is 72.1. The van der Waals surface area contributed by atoms with E-state index in [1.807, 2.05) is 0 Å². The molecule has 0 saturated heterocycles. The quantitative estimate of drug-likeness (QED) is 0.141. The van der Waals surface area contributed by atoms with Crippen molar-refractivity contribution in [1.82, 2.24) is 0 Å². The highest BCUT2D eigenvalue weighted by Gasteiger charge is 2.63. The van der Waals surface area contributed by atoms with Crippen molar-refractivity contribution in [2.75, 3.05) is 19.6 Å². The standard InChI is InChI=1S/C28H31N.C27H35N.C26H27N.C25H37N/c1-19-16-20(2)18-24(17-19)26-22(4)29(25-15-11-10-12-21(25)3)28(5,6)27(26)23-13-8-7-9-14-23;1-17-13-18(2)15-21(14-17)22-16-27(9)26(7,8)25(5,6)23-12-10-11-19(3)24(23)28(27)20(22)4;1-19-13-11-12-18-23(19)27-20(2)24(21-14-7-5-8-15-21)25(26(27,3)4)22-16-9-6-10-17-22;1-17-12-11-15-21-22(17)26-18(2)20(19-13-9-8-10-14-19)16-25(26,7)24(5,6)23(21,3)4/h7-18,22H,1-6H3;10-16,20H,1-9H3;5-18,20H,1-4H3;11-12,15-16,18-19H,8-10,13-14H2,1-7H3. The van der Waals surface area contributed by atoms with Gasteiger partial charge < -0.3 is 19.6 Å². The van der Waals surface area contributed by atoms with Crippen molar-refractivity contribution in [3.05, 3.63) is 313 Å². The van der Waals surface area contributed by atoms with Crippen LogP contribution in [-0.2, 0) is 10.8 Å². The molecular weight excluding hydrogens is 1330 g/mol. The lowest BCUT2D eigenvalue weighted by Gasteiger charge is -2.62. The van der Waals surface area contributed by atoms with Gasteiger partial charge in [0, 0.05) is 39.6 Å². The van der Waals surface area contributed by atoms with E-state index in [0.717, 1.165) is 5.92 Å². The van der Waals surface area contributed by atoms with Crippen molar-refractivity contribution < 1.29 is 0 Å². The molecule has 0 spiro atoms. The molecule has 4 heteroatoms. The molecule has 0 aromatic heterocycles. The van der Waals surface area contributed by atoms with Crippen molar-refractivity contribution in [3.63, 3.8) is 0 Å². The largest absolute Gasteiger partial charge is 0.355 e. The number of anilines is 4. The van der Waals surface area contributed by atoms with E-state index in [1.54, 1.807) is 5.57 Å². The molecule has 574 valence electrons. The fraction of sp³-hybridized carbons (Fsp3) is 0.415. The Labute approximate surface area is 665 Å². The normalized spacial score (nSPS) is 24.2. The van der Waals surface area contributed by atoms with Gasteiger partial charge in [-0.05, 0) is 261 Å². The molecule has 0 radical (unpaired) electrons. The van der Waals surface area contributed by atoms with Crippen LogP contribution in [0, 0.1) is 72.1 Å². The summed E-state index contributed by atoms with van der Waals surface area (Å²) in [5, 5.41) is 0. The summed E-state index contributed by atoms with van der Waals surface area (Å²) in [7, 11) is 0. The second-order valence-corrected chi connectivity index (χ2v) is 37.6. The molecule has 1 aliphatic carbocycles. The molecule has 1 fully saturated rings. The maximum Gasteiger partial charge on any atom is 0.0628 e. The Balaban J connectivity index is 0.000000129. The first kappa shape index (κ1) is 79.2. The highest BCUT2D eigenvalue weighted by molar-refractivity contribution is 6.05. The van der Waals surface area contributed by atoms with Gasteiger partial charge in [-0.15, -0.1) is 0 Å². The summed E-state index contributed by atoms with van der Waals surface area (Å²) in [6.07, 6.45) is 12.3. The SMILES string of the molecule is Cc1cc(C)cc(C2=C(c3ccccc3)C(C)(C)N(c3ccccc3C)C2C)c1.Cc1cc(C)cc(C2=CC3(C)N(c4c(C)cccc4C(C)(C)C3(C)C)C2C)c1.Cc1cccc2c1N1C(C)C(C3CCCCC3)=CC1(C)C(C)(C)C2(C)C.Cc1ccccc1N1C(C)C(c2ccccc2)=C(c2ccccc2)C1(C)C. The predicted octanol–water partition coefficient (Wildman–Crippen LogP) is 27.6. The Morgan fingerprint density at radius 2 is 0.645 bits per heavy atom. The number of para-hydroxylation sites is 4. The summed E-state index contributed by atoms with van der Waals surface area (Å²) >= 11 is 0. The third-order valence-electron chi connectivity index (χ3n) is 29.3. The van der Waals surface area contributed by atoms with Crippen molar-refractivity contribution in [2.24, 2.45) is 16.7 Å². The zero-order valence-electron chi connectivity index (χ0n) is 72.1. The van der Waals surface area contributed by atoms with Crippen LogP contribution in [0.3, 0.4) is 0 Å². The van der Waals surface area contributed by atoms with Gasteiger partial charge in [-0.2, -0.15) is 0 Å². The third-order valence-corrected chi connectivity index (χ3v) is 29.3. The minimum absolute atomic E-state index is 0.0397. The molecule has 4 nitrogen and oxygen atoms in total. The lowest BCUT2D eigenvalue weighted by atomic mass is 9.52. The molecule has 0 bridgehead atoms. The minimum atomic E-state index is -0.125. The van der Waals surface area contributed by atoms with Crippen LogP contribution >= 0.6 is 0 Å². The molecule has 0 amide bonds. The van der Waals surface area contributed by atoms with E-state index in [-0.39, 0.29) is 49.9 Å². The monoisotopic (exact) mass is 1460 g/mol. The number of fused-ring (bicyclic) bond motifs is 6. The molecule has 16 rings (SSSR count). The molecule has 6 aliphatic heterocycles. The van der Waals surface area contributed by atoms with Gasteiger partial charge >= 0.3 is 0 Å². The first-order chi connectivity index (χ1) is 51.9.